The summed E-state index contributed by atoms with van der Waals surface area (Å²) in [4.78, 5) is 21.5. The molecule has 0 unspecified atom stereocenters. The van der Waals surface area contributed by atoms with E-state index in [1.165, 1.54) is 23.5 Å². The Bertz CT molecular complexity index is 1040. The molecular formula is C21H30FN7OS. The Hall–Kier alpha value is -2.72. The minimum atomic E-state index is -0.291. The van der Waals surface area contributed by atoms with Crippen LogP contribution in [0.3, 0.4) is 0 Å². The standard InChI is InChI=1S/C21H30FN7OS/c1-21(2,3)25-18-17(14-7-9-15(22)10-8-14)24-19-29(18)26-20(31-19)28(6)13-16(30)23-11-12-27(4)5/h7-10,25H,11-13H2,1-6H3,(H,23,30). The zero-order chi connectivity index (χ0) is 22.8. The highest BCUT2D eigenvalue weighted by Crippen LogP contribution is 2.34. The summed E-state index contributed by atoms with van der Waals surface area (Å²) in [6, 6.07) is 6.26. The van der Waals surface area contributed by atoms with Crippen molar-refractivity contribution in [1.82, 2.24) is 24.8 Å². The van der Waals surface area contributed by atoms with Crippen molar-refractivity contribution in [3.63, 3.8) is 0 Å². The Balaban J connectivity index is 1.86. The fraction of sp³-hybridized carbons (Fsp3) is 0.476. The summed E-state index contributed by atoms with van der Waals surface area (Å²) in [5.74, 6) is 0.388. The van der Waals surface area contributed by atoms with E-state index in [1.807, 2.05) is 30.9 Å². The Morgan fingerprint density at radius 3 is 2.48 bits per heavy atom. The Morgan fingerprint density at radius 2 is 1.87 bits per heavy atom. The monoisotopic (exact) mass is 447 g/mol. The maximum Gasteiger partial charge on any atom is 0.239 e. The van der Waals surface area contributed by atoms with E-state index in [1.54, 1.807) is 16.6 Å². The second-order valence-electron chi connectivity index (χ2n) is 8.78. The van der Waals surface area contributed by atoms with Crippen LogP contribution >= 0.6 is 11.3 Å². The van der Waals surface area contributed by atoms with E-state index in [0.29, 0.717) is 22.3 Å². The first kappa shape index (κ1) is 23.0. The third-order valence-corrected chi connectivity index (χ3v) is 5.42. The van der Waals surface area contributed by atoms with Gasteiger partial charge < -0.3 is 20.4 Å². The van der Waals surface area contributed by atoms with E-state index in [9.17, 15) is 9.18 Å². The summed E-state index contributed by atoms with van der Waals surface area (Å²) in [6.07, 6.45) is 0. The average molecular weight is 448 g/mol. The number of halogens is 1. The Labute approximate surface area is 186 Å². The number of carbonyl (C=O) groups is 1. The van der Waals surface area contributed by atoms with Gasteiger partial charge in [-0.2, -0.15) is 4.52 Å². The van der Waals surface area contributed by atoms with Gasteiger partial charge in [-0.15, -0.1) is 5.10 Å². The van der Waals surface area contributed by atoms with Gasteiger partial charge in [0.25, 0.3) is 0 Å². The van der Waals surface area contributed by atoms with E-state index in [-0.39, 0.29) is 23.8 Å². The summed E-state index contributed by atoms with van der Waals surface area (Å²) in [5, 5.41) is 11.8. The first-order valence-electron chi connectivity index (χ1n) is 10.1. The van der Waals surface area contributed by atoms with Crippen molar-refractivity contribution in [2.75, 3.05) is 51.0 Å². The molecule has 0 aliphatic carbocycles. The molecule has 0 aliphatic rings. The maximum absolute atomic E-state index is 13.4. The smallest absolute Gasteiger partial charge is 0.239 e. The molecule has 3 rings (SSSR count). The Morgan fingerprint density at radius 1 is 1.19 bits per heavy atom. The highest BCUT2D eigenvalue weighted by Gasteiger charge is 2.23. The third kappa shape index (κ3) is 5.92. The number of rotatable bonds is 8. The second-order valence-corrected chi connectivity index (χ2v) is 9.71. The number of carbonyl (C=O) groups excluding carboxylic acids is 1. The van der Waals surface area contributed by atoms with E-state index < -0.39 is 0 Å². The van der Waals surface area contributed by atoms with Crippen molar-refractivity contribution in [3.8, 4) is 11.3 Å². The van der Waals surface area contributed by atoms with Crippen LogP contribution in [0.1, 0.15) is 20.8 Å². The molecule has 0 fully saturated rings. The summed E-state index contributed by atoms with van der Waals surface area (Å²) in [6.45, 7) is 7.75. The largest absolute Gasteiger partial charge is 0.364 e. The van der Waals surface area contributed by atoms with Crippen LogP contribution in [0.15, 0.2) is 24.3 Å². The second kappa shape index (κ2) is 9.19. The minimum Gasteiger partial charge on any atom is -0.364 e. The fourth-order valence-electron chi connectivity index (χ4n) is 2.93. The summed E-state index contributed by atoms with van der Waals surface area (Å²) < 4.78 is 15.1. The Kier molecular flexibility index (Phi) is 6.80. The van der Waals surface area contributed by atoms with Crippen molar-refractivity contribution in [1.29, 1.82) is 0 Å². The van der Waals surface area contributed by atoms with Crippen LogP contribution in [-0.4, -0.2) is 71.7 Å². The van der Waals surface area contributed by atoms with Crippen molar-refractivity contribution >= 4 is 33.2 Å². The fourth-order valence-corrected chi connectivity index (χ4v) is 3.79. The van der Waals surface area contributed by atoms with Crippen molar-refractivity contribution in [2.45, 2.75) is 26.3 Å². The van der Waals surface area contributed by atoms with Gasteiger partial charge in [0.05, 0.1) is 6.54 Å². The van der Waals surface area contributed by atoms with Crippen molar-refractivity contribution < 1.29 is 9.18 Å². The van der Waals surface area contributed by atoms with Crippen LogP contribution in [0.2, 0.25) is 0 Å². The number of anilines is 2. The van der Waals surface area contributed by atoms with Gasteiger partial charge in [-0.05, 0) is 59.1 Å². The lowest BCUT2D eigenvalue weighted by Gasteiger charge is -2.22. The highest BCUT2D eigenvalue weighted by atomic mass is 32.1. The van der Waals surface area contributed by atoms with Gasteiger partial charge in [0.2, 0.25) is 16.0 Å². The van der Waals surface area contributed by atoms with Gasteiger partial charge in [-0.1, -0.05) is 11.3 Å². The van der Waals surface area contributed by atoms with E-state index in [4.69, 9.17) is 10.1 Å². The predicted molar refractivity (Wildman–Crippen MR) is 124 cm³/mol. The van der Waals surface area contributed by atoms with E-state index in [2.05, 4.69) is 31.4 Å². The summed E-state index contributed by atoms with van der Waals surface area (Å²) >= 11 is 1.40. The molecule has 1 aromatic carbocycles. The molecule has 0 saturated heterocycles. The van der Waals surface area contributed by atoms with Crippen LogP contribution < -0.4 is 15.5 Å². The lowest BCUT2D eigenvalue weighted by Crippen LogP contribution is -2.38. The van der Waals surface area contributed by atoms with E-state index in [0.717, 1.165) is 17.9 Å². The number of amides is 1. The molecule has 0 saturated carbocycles. The number of hydrogen-bond donors (Lipinski definition) is 2. The molecule has 8 nitrogen and oxygen atoms in total. The van der Waals surface area contributed by atoms with Crippen LogP contribution in [0, 0.1) is 5.82 Å². The van der Waals surface area contributed by atoms with Crippen molar-refractivity contribution in [2.24, 2.45) is 0 Å². The molecule has 31 heavy (non-hydrogen) atoms. The number of imidazole rings is 1. The van der Waals surface area contributed by atoms with Crippen LogP contribution in [0.25, 0.3) is 16.2 Å². The number of likely N-dealkylation sites (N-methyl/N-ethyl adjacent to an activating group) is 2. The zero-order valence-electron chi connectivity index (χ0n) is 18.9. The SMILES string of the molecule is CN(C)CCNC(=O)CN(C)c1nn2c(NC(C)(C)C)c(-c3ccc(F)cc3)nc2s1. The normalized spacial score (nSPS) is 11.9. The van der Waals surface area contributed by atoms with Gasteiger partial charge in [0.1, 0.15) is 11.5 Å². The molecule has 0 spiro atoms. The lowest BCUT2D eigenvalue weighted by atomic mass is 10.1. The predicted octanol–water partition coefficient (Wildman–Crippen LogP) is 2.92. The molecular weight excluding hydrogens is 417 g/mol. The number of nitrogens with zero attached hydrogens (tertiary/aromatic N) is 5. The number of benzene rings is 1. The maximum atomic E-state index is 13.4. The summed E-state index contributed by atoms with van der Waals surface area (Å²) in [5.41, 5.74) is 1.29. The first-order valence-corrected chi connectivity index (χ1v) is 10.9. The molecule has 0 bridgehead atoms. The van der Waals surface area contributed by atoms with Gasteiger partial charge in [0.15, 0.2) is 5.82 Å². The average Bonchev–Trinajstić information content (AvgIpc) is 3.20. The molecule has 10 heteroatoms. The molecule has 0 radical (unpaired) electrons. The molecule has 2 aromatic heterocycles. The molecule has 0 aliphatic heterocycles. The molecule has 0 atom stereocenters. The van der Waals surface area contributed by atoms with Crippen molar-refractivity contribution in [3.05, 3.63) is 30.1 Å². The number of hydrogen-bond acceptors (Lipinski definition) is 7. The number of fused-ring (bicyclic) bond motifs is 1. The van der Waals surface area contributed by atoms with Crippen LogP contribution in [-0.2, 0) is 4.79 Å². The van der Waals surface area contributed by atoms with Gasteiger partial charge in [-0.3, -0.25) is 4.79 Å². The molecule has 3 aromatic rings. The quantitative estimate of drug-likeness (QED) is 0.553. The highest BCUT2D eigenvalue weighted by molar-refractivity contribution is 7.20. The minimum absolute atomic E-state index is 0.0581. The van der Waals surface area contributed by atoms with E-state index >= 15 is 0 Å². The summed E-state index contributed by atoms with van der Waals surface area (Å²) in [7, 11) is 5.77. The molecule has 2 heterocycles. The molecule has 1 amide bonds. The molecule has 168 valence electrons. The van der Waals surface area contributed by atoms with Gasteiger partial charge in [0, 0.05) is 31.2 Å². The topological polar surface area (TPSA) is 77.8 Å². The van der Waals surface area contributed by atoms with Gasteiger partial charge in [-0.25, -0.2) is 9.37 Å². The first-order chi connectivity index (χ1) is 14.5. The van der Waals surface area contributed by atoms with Gasteiger partial charge >= 0.3 is 0 Å². The molecule has 2 N–H and O–H groups in total. The van der Waals surface area contributed by atoms with Crippen LogP contribution in [0.5, 0.6) is 0 Å². The van der Waals surface area contributed by atoms with Crippen LogP contribution in [0.4, 0.5) is 15.3 Å². The number of aromatic nitrogens is 3. The number of nitrogens with one attached hydrogen (secondary N) is 2. The third-order valence-electron chi connectivity index (χ3n) is 4.39. The lowest BCUT2D eigenvalue weighted by molar-refractivity contribution is -0.119. The zero-order valence-corrected chi connectivity index (χ0v) is 19.7.